The molecule has 9 heteroatoms. The fourth-order valence-electron chi connectivity index (χ4n) is 4.08. The molecule has 5 heterocycles. The van der Waals surface area contributed by atoms with Gasteiger partial charge in [0, 0.05) is 66.5 Å². The van der Waals surface area contributed by atoms with Gasteiger partial charge in [-0.1, -0.05) is 6.07 Å². The SMILES string of the molecule is CCN=C(c1nc2c([nH]1)C(c1cccs1)=CC=CN2)c1c(C)ncc(-c2cncc(N(C)C)c2)c1F. The Morgan fingerprint density at radius 3 is 2.83 bits per heavy atom. The molecule has 5 rings (SSSR count). The maximum atomic E-state index is 16.2. The minimum atomic E-state index is -0.402. The number of hydrogen-bond donors (Lipinski definition) is 2. The predicted octanol–water partition coefficient (Wildman–Crippen LogP) is 5.67. The van der Waals surface area contributed by atoms with E-state index in [0.29, 0.717) is 46.3 Å². The third-order valence-corrected chi connectivity index (χ3v) is 6.78. The molecule has 0 radical (unpaired) electrons. The van der Waals surface area contributed by atoms with Crippen LogP contribution in [0, 0.1) is 12.7 Å². The lowest BCUT2D eigenvalue weighted by Crippen LogP contribution is -2.14. The molecule has 0 atom stereocenters. The minimum absolute atomic E-state index is 0.325. The van der Waals surface area contributed by atoms with Crippen molar-refractivity contribution in [2.75, 3.05) is 30.9 Å². The van der Waals surface area contributed by atoms with Gasteiger partial charge in [-0.3, -0.25) is 15.0 Å². The first kappa shape index (κ1) is 23.6. The van der Waals surface area contributed by atoms with E-state index < -0.39 is 5.82 Å². The second-order valence-corrected chi connectivity index (χ2v) is 9.41. The fraction of sp³-hybridized carbons (Fsp3) is 0.185. The van der Waals surface area contributed by atoms with Crippen LogP contribution in [0.25, 0.3) is 16.7 Å². The number of aromatic nitrogens is 4. The van der Waals surface area contributed by atoms with Gasteiger partial charge >= 0.3 is 0 Å². The Morgan fingerprint density at radius 1 is 1.22 bits per heavy atom. The van der Waals surface area contributed by atoms with Gasteiger partial charge in [0.05, 0.1) is 23.1 Å². The van der Waals surface area contributed by atoms with Crippen LogP contribution in [0.2, 0.25) is 0 Å². The first-order valence-electron chi connectivity index (χ1n) is 11.6. The van der Waals surface area contributed by atoms with Crippen molar-refractivity contribution in [3.05, 3.63) is 94.0 Å². The van der Waals surface area contributed by atoms with Crippen molar-refractivity contribution in [1.29, 1.82) is 0 Å². The summed E-state index contributed by atoms with van der Waals surface area (Å²) >= 11 is 1.65. The number of thiophene rings is 1. The number of imidazole rings is 1. The number of halogens is 1. The molecule has 0 fully saturated rings. The highest BCUT2D eigenvalue weighted by molar-refractivity contribution is 7.11. The number of aryl methyl sites for hydroxylation is 1. The Morgan fingerprint density at radius 2 is 2.08 bits per heavy atom. The van der Waals surface area contributed by atoms with Gasteiger partial charge in [-0.15, -0.1) is 11.3 Å². The summed E-state index contributed by atoms with van der Waals surface area (Å²) in [4.78, 5) is 24.7. The number of allylic oxidation sites excluding steroid dienone is 2. The minimum Gasteiger partial charge on any atom is -0.376 e. The first-order valence-corrected chi connectivity index (χ1v) is 12.5. The van der Waals surface area contributed by atoms with E-state index >= 15 is 4.39 Å². The van der Waals surface area contributed by atoms with Crippen LogP contribution in [-0.4, -0.2) is 46.3 Å². The lowest BCUT2D eigenvalue weighted by molar-refractivity contribution is 0.624. The van der Waals surface area contributed by atoms with Gasteiger partial charge in [-0.05, 0) is 43.5 Å². The Kier molecular flexibility index (Phi) is 6.47. The van der Waals surface area contributed by atoms with Crippen molar-refractivity contribution >= 4 is 34.1 Å². The number of nitrogens with zero attached hydrogens (tertiary/aromatic N) is 5. The van der Waals surface area contributed by atoms with Gasteiger partial charge in [-0.2, -0.15) is 0 Å². The van der Waals surface area contributed by atoms with Crippen molar-refractivity contribution in [2.24, 2.45) is 4.99 Å². The van der Waals surface area contributed by atoms with Crippen LogP contribution in [0.4, 0.5) is 15.9 Å². The Bertz CT molecular complexity index is 1500. The van der Waals surface area contributed by atoms with Crippen molar-refractivity contribution in [2.45, 2.75) is 13.8 Å². The largest absolute Gasteiger partial charge is 0.376 e. The van der Waals surface area contributed by atoms with Crippen molar-refractivity contribution in [3.8, 4) is 11.1 Å². The van der Waals surface area contributed by atoms with E-state index in [2.05, 4.69) is 31.3 Å². The molecule has 0 saturated heterocycles. The molecule has 1 aliphatic heterocycles. The van der Waals surface area contributed by atoms with Gasteiger partial charge in [0.1, 0.15) is 11.5 Å². The van der Waals surface area contributed by atoms with Crippen molar-refractivity contribution in [1.82, 2.24) is 19.9 Å². The van der Waals surface area contributed by atoms with Gasteiger partial charge in [0.15, 0.2) is 11.6 Å². The number of hydrogen-bond acceptors (Lipinski definition) is 7. The molecule has 0 unspecified atom stereocenters. The molecule has 182 valence electrons. The summed E-state index contributed by atoms with van der Waals surface area (Å²) in [5.41, 5.74) is 5.01. The first-order chi connectivity index (χ1) is 17.5. The Balaban J connectivity index is 1.64. The zero-order valence-electron chi connectivity index (χ0n) is 20.5. The molecule has 0 spiro atoms. The average Bonchev–Trinajstić information content (AvgIpc) is 3.51. The molecule has 4 aromatic heterocycles. The molecule has 36 heavy (non-hydrogen) atoms. The third kappa shape index (κ3) is 4.33. The number of nitrogens with one attached hydrogen (secondary N) is 2. The Hall–Kier alpha value is -4.11. The summed E-state index contributed by atoms with van der Waals surface area (Å²) < 4.78 is 16.2. The summed E-state index contributed by atoms with van der Waals surface area (Å²) in [6.07, 6.45) is 10.7. The summed E-state index contributed by atoms with van der Waals surface area (Å²) in [5.74, 6) is 0.737. The number of pyridine rings is 2. The molecule has 4 aromatic rings. The molecular formula is C27H26FN7S. The van der Waals surface area contributed by atoms with Crippen LogP contribution in [0.15, 0.2) is 65.5 Å². The van der Waals surface area contributed by atoms with Gasteiger partial charge in [0.25, 0.3) is 0 Å². The smallest absolute Gasteiger partial charge is 0.159 e. The average molecular weight is 500 g/mol. The van der Waals surface area contributed by atoms with Crippen LogP contribution in [0.3, 0.4) is 0 Å². The van der Waals surface area contributed by atoms with E-state index in [-0.39, 0.29) is 0 Å². The van der Waals surface area contributed by atoms with Crippen LogP contribution < -0.4 is 10.2 Å². The summed E-state index contributed by atoms with van der Waals surface area (Å²) in [6.45, 7) is 4.16. The molecular weight excluding hydrogens is 473 g/mol. The molecule has 0 amide bonds. The Labute approximate surface area is 213 Å². The van der Waals surface area contributed by atoms with Gasteiger partial charge < -0.3 is 15.2 Å². The zero-order chi connectivity index (χ0) is 25.2. The number of aliphatic imine (C=N–C) groups is 1. The fourth-order valence-corrected chi connectivity index (χ4v) is 4.84. The second-order valence-electron chi connectivity index (χ2n) is 8.47. The number of anilines is 2. The number of rotatable bonds is 6. The predicted molar refractivity (Wildman–Crippen MR) is 145 cm³/mol. The molecule has 0 aliphatic carbocycles. The number of fused-ring (bicyclic) bond motifs is 1. The van der Waals surface area contributed by atoms with E-state index in [1.807, 2.05) is 61.8 Å². The molecule has 2 N–H and O–H groups in total. The summed E-state index contributed by atoms with van der Waals surface area (Å²) in [7, 11) is 3.84. The second kappa shape index (κ2) is 9.87. The normalized spacial score (nSPS) is 13.1. The van der Waals surface area contributed by atoms with Crippen LogP contribution >= 0.6 is 11.3 Å². The summed E-state index contributed by atoms with van der Waals surface area (Å²) in [6, 6.07) is 5.97. The van der Waals surface area contributed by atoms with Crippen LogP contribution in [0.1, 0.15) is 34.6 Å². The molecule has 1 aliphatic rings. The summed E-state index contributed by atoms with van der Waals surface area (Å²) in [5, 5.41) is 5.26. The highest BCUT2D eigenvalue weighted by Gasteiger charge is 2.25. The van der Waals surface area contributed by atoms with E-state index in [0.717, 1.165) is 21.8 Å². The van der Waals surface area contributed by atoms with E-state index in [1.165, 1.54) is 0 Å². The number of aromatic amines is 1. The quantitative estimate of drug-likeness (QED) is 0.334. The van der Waals surface area contributed by atoms with Crippen molar-refractivity contribution in [3.63, 3.8) is 0 Å². The van der Waals surface area contributed by atoms with Gasteiger partial charge in [0.2, 0.25) is 0 Å². The third-order valence-electron chi connectivity index (χ3n) is 5.87. The van der Waals surface area contributed by atoms with E-state index in [9.17, 15) is 0 Å². The highest BCUT2D eigenvalue weighted by Crippen LogP contribution is 2.34. The monoisotopic (exact) mass is 499 g/mol. The molecule has 0 bridgehead atoms. The molecule has 0 aromatic carbocycles. The standard InChI is InChI=1S/C27H26FN7S/c1-5-30-25(27-33-24-19(21-9-7-11-36-21)8-6-10-31-26(24)34-27)22-16(2)32-15-20(23(22)28)17-12-18(35(3)4)14-29-13-17/h6-15,31H,5H2,1-4H3,(H,33,34). The number of H-pyrrole nitrogens is 1. The van der Waals surface area contributed by atoms with Crippen LogP contribution in [-0.2, 0) is 0 Å². The molecule has 7 nitrogen and oxygen atoms in total. The highest BCUT2D eigenvalue weighted by atomic mass is 32.1. The van der Waals surface area contributed by atoms with Crippen molar-refractivity contribution < 1.29 is 4.39 Å². The molecule has 0 saturated carbocycles. The van der Waals surface area contributed by atoms with E-state index in [4.69, 9.17) is 4.98 Å². The lowest BCUT2D eigenvalue weighted by atomic mass is 10.0. The zero-order valence-corrected chi connectivity index (χ0v) is 21.3. The topological polar surface area (TPSA) is 82.1 Å². The maximum Gasteiger partial charge on any atom is 0.159 e. The van der Waals surface area contributed by atoms with Crippen LogP contribution in [0.5, 0.6) is 0 Å². The maximum absolute atomic E-state index is 16.2. The lowest BCUT2D eigenvalue weighted by Gasteiger charge is -2.15. The van der Waals surface area contributed by atoms with Gasteiger partial charge in [-0.25, -0.2) is 9.37 Å². The van der Waals surface area contributed by atoms with E-state index in [1.54, 1.807) is 36.9 Å².